The first-order valence-corrected chi connectivity index (χ1v) is 23.3. The van der Waals surface area contributed by atoms with Crippen LogP contribution >= 0.6 is 19.5 Å². The van der Waals surface area contributed by atoms with Crippen molar-refractivity contribution in [2.24, 2.45) is 5.41 Å². The molecule has 330 valence electrons. The number of carbonyl (C=O) groups excluding carboxylic acids is 1. The second-order valence-electron chi connectivity index (χ2n) is 16.4. The van der Waals surface area contributed by atoms with Gasteiger partial charge in [-0.3, -0.25) is 18.4 Å². The van der Waals surface area contributed by atoms with Crippen molar-refractivity contribution in [3.8, 4) is 11.5 Å². The van der Waals surface area contributed by atoms with Crippen molar-refractivity contribution in [1.29, 1.82) is 0 Å². The summed E-state index contributed by atoms with van der Waals surface area (Å²) >= 11 is 1.12. The van der Waals surface area contributed by atoms with E-state index in [-0.39, 0.29) is 29.3 Å². The van der Waals surface area contributed by atoms with Gasteiger partial charge in [0.2, 0.25) is 0 Å². The molecule has 0 spiro atoms. The third-order valence-corrected chi connectivity index (χ3v) is 14.7. The molecule has 14 nitrogen and oxygen atoms in total. The molecule has 4 N–H and O–H groups in total. The minimum absolute atomic E-state index is 0.0175. The number of aliphatic hydroxyl groups excluding tert-OH is 1. The lowest BCUT2D eigenvalue weighted by Gasteiger charge is -2.37. The van der Waals surface area contributed by atoms with E-state index in [1.54, 1.807) is 20.3 Å². The fourth-order valence-electron chi connectivity index (χ4n) is 7.69. The normalized spacial score (nSPS) is 22.1. The number of nitrogens with one attached hydrogen (secondary N) is 2. The van der Waals surface area contributed by atoms with E-state index < -0.39 is 55.0 Å². The highest BCUT2D eigenvalue weighted by Crippen LogP contribution is 2.48. The topological polar surface area (TPSA) is 180 Å². The van der Waals surface area contributed by atoms with Gasteiger partial charge >= 0.3 is 13.4 Å². The quantitative estimate of drug-likeness (QED) is 0.0415. The minimum Gasteiger partial charge on any atom is -0.497 e. The number of nitrogens with zero attached hydrogens (tertiary/aromatic N) is 2. The standard InChI is InChI=1S/C45H59N4O10PS/c1-7-43(2,3)41(51)61-29-28-57-60(54,48-34-16-12-9-13-17-34)58-30-37-39(50)44(4,53)40(59-37)49-27-26-38(46-42(49)52)47-45(31-14-10-8-11-15-31,32-18-22-35(55-5)23-19-32)33-20-24-36(56-6)25-21-33/h8,10-11,14-15,18-27,34,37,39-40,50,53H,7,9,12-13,16-17,28-30H2,1-6H3,(H,48,54)(H,46,47,52)/t37-,39?,40-,44+,60?/m1/s1. The zero-order valence-electron chi connectivity index (χ0n) is 35.7. The Morgan fingerprint density at radius 1 is 0.934 bits per heavy atom. The minimum atomic E-state index is -3.98. The van der Waals surface area contributed by atoms with Gasteiger partial charge in [-0.2, -0.15) is 4.98 Å². The average molecular weight is 879 g/mol. The van der Waals surface area contributed by atoms with Crippen LogP contribution in [0.5, 0.6) is 11.5 Å². The molecule has 3 aromatic carbocycles. The van der Waals surface area contributed by atoms with Crippen molar-refractivity contribution >= 4 is 30.4 Å². The van der Waals surface area contributed by atoms with Gasteiger partial charge in [0, 0.05) is 23.4 Å². The number of thioether (sulfide) groups is 1. The summed E-state index contributed by atoms with van der Waals surface area (Å²) in [5.41, 5.74) is -1.80. The van der Waals surface area contributed by atoms with Crippen LogP contribution in [0.1, 0.15) is 89.1 Å². The largest absolute Gasteiger partial charge is 0.497 e. The van der Waals surface area contributed by atoms with Crippen molar-refractivity contribution < 1.29 is 42.8 Å². The molecule has 2 aliphatic rings. The Hall–Kier alpha value is -4.05. The van der Waals surface area contributed by atoms with Gasteiger partial charge in [-0.05, 0) is 73.2 Å². The van der Waals surface area contributed by atoms with E-state index in [2.05, 4.69) is 15.4 Å². The Labute approximate surface area is 362 Å². The summed E-state index contributed by atoms with van der Waals surface area (Å²) in [6.07, 6.45) is 2.60. The first-order chi connectivity index (χ1) is 29.2. The third kappa shape index (κ3) is 10.6. The maximum absolute atomic E-state index is 14.2. The van der Waals surface area contributed by atoms with Gasteiger partial charge in [-0.15, -0.1) is 0 Å². The lowest BCUT2D eigenvalue weighted by Crippen LogP contribution is -2.46. The molecule has 0 amide bonds. The molecule has 0 bridgehead atoms. The number of hydrogen-bond acceptors (Lipinski definition) is 13. The summed E-state index contributed by atoms with van der Waals surface area (Å²) in [5.74, 6) is 1.84. The molecular formula is C45H59N4O10PS. The van der Waals surface area contributed by atoms with Crippen molar-refractivity contribution in [3.63, 3.8) is 0 Å². The smallest absolute Gasteiger partial charge is 0.405 e. The molecule has 2 fully saturated rings. The van der Waals surface area contributed by atoms with Crippen LogP contribution in [0.25, 0.3) is 0 Å². The summed E-state index contributed by atoms with van der Waals surface area (Å²) < 4.78 is 44.2. The van der Waals surface area contributed by atoms with Crippen LogP contribution in [0.4, 0.5) is 5.82 Å². The lowest BCUT2D eigenvalue weighted by molar-refractivity contribution is -0.118. The number of hydrogen-bond donors (Lipinski definition) is 4. The van der Waals surface area contributed by atoms with E-state index in [9.17, 15) is 24.4 Å². The maximum atomic E-state index is 14.2. The van der Waals surface area contributed by atoms with Crippen LogP contribution in [-0.4, -0.2) is 81.9 Å². The number of anilines is 1. The van der Waals surface area contributed by atoms with E-state index >= 15 is 0 Å². The Bertz CT molecular complexity index is 2120. The Kier molecular flexibility index (Phi) is 15.2. The molecule has 1 aliphatic carbocycles. The molecule has 1 saturated carbocycles. The van der Waals surface area contributed by atoms with Crippen molar-refractivity contribution in [2.45, 2.75) is 102 Å². The van der Waals surface area contributed by atoms with Gasteiger partial charge in [0.15, 0.2) is 11.3 Å². The van der Waals surface area contributed by atoms with Crippen LogP contribution in [0.3, 0.4) is 0 Å². The van der Waals surface area contributed by atoms with Crippen molar-refractivity contribution in [3.05, 3.63) is 118 Å². The molecule has 2 unspecified atom stereocenters. The number of ether oxygens (including phenoxy) is 3. The number of methoxy groups -OCH3 is 2. The highest BCUT2D eigenvalue weighted by Gasteiger charge is 2.54. The Morgan fingerprint density at radius 2 is 1.52 bits per heavy atom. The molecule has 1 aromatic heterocycles. The van der Waals surface area contributed by atoms with Gasteiger partial charge in [0.25, 0.3) is 0 Å². The van der Waals surface area contributed by atoms with Crippen LogP contribution in [0.15, 0.2) is 95.9 Å². The maximum Gasteiger partial charge on any atom is 0.405 e. The van der Waals surface area contributed by atoms with Crippen molar-refractivity contribution in [1.82, 2.24) is 14.6 Å². The van der Waals surface area contributed by atoms with Crippen LogP contribution < -0.4 is 25.6 Å². The van der Waals surface area contributed by atoms with E-state index in [1.165, 1.54) is 13.1 Å². The van der Waals surface area contributed by atoms with Gasteiger partial charge < -0.3 is 29.7 Å². The summed E-state index contributed by atoms with van der Waals surface area (Å²) in [6.45, 7) is 6.64. The second-order valence-corrected chi connectivity index (χ2v) is 19.2. The second kappa shape index (κ2) is 20.0. The third-order valence-electron chi connectivity index (χ3n) is 11.8. The van der Waals surface area contributed by atoms with Crippen LogP contribution in [0, 0.1) is 5.41 Å². The Morgan fingerprint density at radius 3 is 2.08 bits per heavy atom. The molecule has 2 heterocycles. The van der Waals surface area contributed by atoms with Crippen molar-refractivity contribution in [2.75, 3.05) is 38.5 Å². The summed E-state index contributed by atoms with van der Waals surface area (Å²) in [4.78, 5) is 31.1. The predicted octanol–water partition coefficient (Wildman–Crippen LogP) is 7.43. The van der Waals surface area contributed by atoms with E-state index in [0.29, 0.717) is 17.9 Å². The molecule has 61 heavy (non-hydrogen) atoms. The summed E-state index contributed by atoms with van der Waals surface area (Å²) in [5, 5.41) is 29.7. The summed E-state index contributed by atoms with van der Waals surface area (Å²) in [6, 6.07) is 26.5. The number of aromatic nitrogens is 2. The average Bonchev–Trinajstić information content (AvgIpc) is 3.50. The molecule has 4 aromatic rings. The number of carbonyl (C=O) groups is 1. The van der Waals surface area contributed by atoms with Gasteiger partial charge in [-0.25, -0.2) is 14.4 Å². The fourth-order valence-corrected chi connectivity index (χ4v) is 10.3. The first-order valence-electron chi connectivity index (χ1n) is 20.8. The van der Waals surface area contributed by atoms with Gasteiger partial charge in [0.05, 0.1) is 27.4 Å². The molecule has 1 saturated heterocycles. The Balaban J connectivity index is 1.24. The zero-order chi connectivity index (χ0) is 43.8. The highest BCUT2D eigenvalue weighted by atomic mass is 32.2. The fraction of sp³-hybridized carbons (Fsp3) is 0.489. The molecule has 16 heteroatoms. The van der Waals surface area contributed by atoms with Crippen LogP contribution in [0.2, 0.25) is 0 Å². The number of benzene rings is 3. The molecular weight excluding hydrogens is 820 g/mol. The first kappa shape index (κ1) is 46.5. The molecule has 1 aliphatic heterocycles. The molecule has 0 radical (unpaired) electrons. The van der Waals surface area contributed by atoms with Crippen LogP contribution in [-0.2, 0) is 28.7 Å². The van der Waals surface area contributed by atoms with E-state index in [4.69, 9.17) is 23.3 Å². The SMILES string of the molecule is CCC(C)(C)C(=O)SCCOP(=O)(NC1CCCCC1)OC[C@H]1O[C@@H](n2ccc(NC(c3ccccc3)(c3ccc(OC)cc3)c3ccc(OC)cc3)nc2=O)[C@@](C)(O)C1O. The zero-order valence-corrected chi connectivity index (χ0v) is 37.5. The molecule has 6 rings (SSSR count). The highest BCUT2D eigenvalue weighted by molar-refractivity contribution is 8.13. The predicted molar refractivity (Wildman–Crippen MR) is 236 cm³/mol. The number of aliphatic hydroxyl groups is 2. The van der Waals surface area contributed by atoms with E-state index in [0.717, 1.165) is 65.1 Å². The van der Waals surface area contributed by atoms with E-state index in [1.807, 2.05) is 99.6 Å². The monoisotopic (exact) mass is 878 g/mol. The lowest BCUT2D eigenvalue weighted by atomic mass is 9.77. The number of rotatable bonds is 19. The van der Waals surface area contributed by atoms with Gasteiger partial charge in [0.1, 0.15) is 40.7 Å². The summed E-state index contributed by atoms with van der Waals surface area (Å²) in [7, 11) is -0.778. The van der Waals surface area contributed by atoms with Gasteiger partial charge in [-0.1, -0.05) is 106 Å². The molecule has 5 atom stereocenters.